The van der Waals surface area contributed by atoms with E-state index in [-0.39, 0.29) is 5.56 Å². The first-order chi connectivity index (χ1) is 11.8. The van der Waals surface area contributed by atoms with Crippen LogP contribution in [-0.4, -0.2) is 57.6 Å². The van der Waals surface area contributed by atoms with E-state index in [0.717, 1.165) is 0 Å². The second-order valence-corrected chi connectivity index (χ2v) is 4.15. The highest BCUT2D eigenvalue weighted by atomic mass is 16.7. The number of hydrogen-bond donors (Lipinski definition) is 4. The number of benzene rings is 1. The standard InChI is InChI=1S/C14H17NO6/c15-6-9(8-4-2-1-3-5-8)20-14-13(19)12(18)11(17)10(7-16)21-14/h1-5,9-14,16-19H,7H2/i7D2,11D,12D,13D. The predicted molar refractivity (Wildman–Crippen MR) is 69.6 cm³/mol. The predicted octanol–water partition coefficient (Wildman–Crippen LogP) is -0.932. The Morgan fingerprint density at radius 1 is 1.29 bits per heavy atom. The zero-order valence-electron chi connectivity index (χ0n) is 15.7. The van der Waals surface area contributed by atoms with Gasteiger partial charge in [-0.3, -0.25) is 0 Å². The van der Waals surface area contributed by atoms with Gasteiger partial charge in [-0.1, -0.05) is 30.3 Å². The minimum absolute atomic E-state index is 0.262. The third kappa shape index (κ3) is 3.39. The number of aliphatic hydroxyl groups is 4. The lowest BCUT2D eigenvalue weighted by Crippen LogP contribution is -2.59. The van der Waals surface area contributed by atoms with Crippen molar-refractivity contribution in [3.05, 3.63) is 35.9 Å². The first-order valence-corrected chi connectivity index (χ1v) is 5.91. The zero-order valence-corrected chi connectivity index (χ0v) is 10.7. The third-order valence-electron chi connectivity index (χ3n) is 2.81. The van der Waals surface area contributed by atoms with E-state index in [2.05, 4.69) is 0 Å². The second-order valence-electron chi connectivity index (χ2n) is 4.15. The number of nitriles is 1. The maximum atomic E-state index is 10.2. The van der Waals surface area contributed by atoms with Crippen LogP contribution in [0.25, 0.3) is 0 Å². The van der Waals surface area contributed by atoms with Gasteiger partial charge in [0.2, 0.25) is 0 Å². The van der Waals surface area contributed by atoms with Gasteiger partial charge in [-0.2, -0.15) is 5.26 Å². The Morgan fingerprint density at radius 2 is 1.95 bits per heavy atom. The van der Waals surface area contributed by atoms with Crippen molar-refractivity contribution in [1.82, 2.24) is 0 Å². The summed E-state index contributed by atoms with van der Waals surface area (Å²) in [6, 6.07) is 9.42. The van der Waals surface area contributed by atoms with Crippen molar-refractivity contribution in [3.8, 4) is 6.07 Å². The van der Waals surface area contributed by atoms with Crippen LogP contribution in [0.4, 0.5) is 0 Å². The van der Waals surface area contributed by atoms with E-state index in [1.165, 1.54) is 12.1 Å². The van der Waals surface area contributed by atoms with E-state index in [1.54, 1.807) is 24.3 Å². The van der Waals surface area contributed by atoms with Crippen LogP contribution in [0.5, 0.6) is 0 Å². The molecule has 0 spiro atoms. The molecule has 0 bridgehead atoms. The van der Waals surface area contributed by atoms with Gasteiger partial charge >= 0.3 is 0 Å². The molecule has 1 aliphatic rings. The van der Waals surface area contributed by atoms with Crippen molar-refractivity contribution in [3.63, 3.8) is 0 Å². The lowest BCUT2D eigenvalue weighted by Gasteiger charge is -2.40. The summed E-state index contributed by atoms with van der Waals surface area (Å²) in [6.07, 6.45) is -17.3. The molecule has 2 rings (SSSR count). The van der Waals surface area contributed by atoms with Crippen LogP contribution in [0.3, 0.4) is 0 Å². The Morgan fingerprint density at radius 3 is 2.52 bits per heavy atom. The summed E-state index contributed by atoms with van der Waals surface area (Å²) in [5, 5.41) is 48.9. The van der Waals surface area contributed by atoms with Crippen molar-refractivity contribution in [2.75, 3.05) is 6.56 Å². The monoisotopic (exact) mass is 300 g/mol. The minimum Gasteiger partial charge on any atom is -0.394 e. The largest absolute Gasteiger partial charge is 0.394 e. The number of rotatable bonds is 4. The Hall–Kier alpha value is -1.53. The Bertz CT molecular complexity index is 687. The van der Waals surface area contributed by atoms with E-state index >= 15 is 0 Å². The van der Waals surface area contributed by atoms with Crippen LogP contribution >= 0.6 is 0 Å². The van der Waals surface area contributed by atoms with E-state index < -0.39 is 43.3 Å². The summed E-state index contributed by atoms with van der Waals surface area (Å²) < 4.78 is 47.3. The number of nitrogens with zero attached hydrogens (tertiary/aromatic N) is 1. The topological polar surface area (TPSA) is 123 Å². The summed E-state index contributed by atoms with van der Waals surface area (Å²) >= 11 is 0. The number of hydrogen-bond acceptors (Lipinski definition) is 7. The van der Waals surface area contributed by atoms with E-state index in [0.29, 0.717) is 0 Å². The molecular weight excluding hydrogens is 278 g/mol. The lowest BCUT2D eigenvalue weighted by molar-refractivity contribution is -0.307. The SMILES string of the molecule is [2H]C([2H])(O)C1OC(OC(C#N)c2ccccc2)C([2H])(O)C([2H])(O)C1([2H])O. The molecule has 6 atom stereocenters. The summed E-state index contributed by atoms with van der Waals surface area (Å²) in [4.78, 5) is 0. The van der Waals surface area contributed by atoms with Crippen LogP contribution in [-0.2, 0) is 9.47 Å². The summed E-state index contributed by atoms with van der Waals surface area (Å²) in [5.41, 5.74) is 0.262. The number of ether oxygens (including phenoxy) is 2. The molecule has 7 nitrogen and oxygen atoms in total. The fourth-order valence-corrected chi connectivity index (χ4v) is 1.74. The highest BCUT2D eigenvalue weighted by Gasteiger charge is 2.44. The van der Waals surface area contributed by atoms with Crippen LogP contribution in [0, 0.1) is 11.3 Å². The van der Waals surface area contributed by atoms with Crippen LogP contribution in [0.1, 0.15) is 18.5 Å². The van der Waals surface area contributed by atoms with Gasteiger partial charge in [0.25, 0.3) is 0 Å². The first kappa shape index (κ1) is 10.2. The van der Waals surface area contributed by atoms with Crippen molar-refractivity contribution in [1.29, 1.82) is 5.26 Å². The van der Waals surface area contributed by atoms with Gasteiger partial charge < -0.3 is 29.9 Å². The molecule has 1 heterocycles. The summed E-state index contributed by atoms with van der Waals surface area (Å²) in [7, 11) is 0. The molecule has 114 valence electrons. The Labute approximate surface area is 128 Å². The highest BCUT2D eigenvalue weighted by Crippen LogP contribution is 2.27. The molecule has 1 aromatic rings. The Kier molecular flexibility index (Phi) is 3.39. The van der Waals surface area contributed by atoms with Crippen molar-refractivity contribution in [2.24, 2.45) is 0 Å². The fraction of sp³-hybridized carbons (Fsp3) is 0.500. The maximum Gasteiger partial charge on any atom is 0.188 e. The van der Waals surface area contributed by atoms with Crippen molar-refractivity contribution in [2.45, 2.75) is 36.7 Å². The molecule has 0 saturated carbocycles. The quantitative estimate of drug-likeness (QED) is 0.566. The lowest BCUT2D eigenvalue weighted by atomic mass is 9.99. The van der Waals surface area contributed by atoms with E-state index in [1.807, 2.05) is 0 Å². The van der Waals surface area contributed by atoms with Gasteiger partial charge in [0.1, 0.15) is 24.3 Å². The zero-order chi connectivity index (χ0) is 20.0. The molecule has 0 aliphatic carbocycles. The Balaban J connectivity index is 2.43. The van der Waals surface area contributed by atoms with Crippen molar-refractivity contribution >= 4 is 0 Å². The average Bonchev–Trinajstić information content (AvgIpc) is 2.52. The molecular formula is C14H17NO6. The summed E-state index contributed by atoms with van der Waals surface area (Å²) in [6.45, 7) is -3.45. The van der Waals surface area contributed by atoms with Gasteiger partial charge in [-0.15, -0.1) is 0 Å². The van der Waals surface area contributed by atoms with Gasteiger partial charge in [0, 0.05) is 0 Å². The van der Waals surface area contributed by atoms with Crippen molar-refractivity contribution < 1.29 is 36.8 Å². The first-order valence-electron chi connectivity index (χ1n) is 8.41. The van der Waals surface area contributed by atoms with E-state index in [9.17, 15) is 25.7 Å². The molecule has 21 heavy (non-hydrogen) atoms. The molecule has 7 heteroatoms. The molecule has 1 saturated heterocycles. The molecule has 1 aliphatic heterocycles. The van der Waals surface area contributed by atoms with Crippen LogP contribution < -0.4 is 0 Å². The molecule has 0 aromatic heterocycles. The molecule has 1 fully saturated rings. The van der Waals surface area contributed by atoms with Gasteiger partial charge in [0.05, 0.1) is 19.5 Å². The van der Waals surface area contributed by atoms with Gasteiger partial charge in [0.15, 0.2) is 12.4 Å². The average molecular weight is 300 g/mol. The second kappa shape index (κ2) is 6.95. The third-order valence-corrected chi connectivity index (χ3v) is 2.81. The normalized spacial score (nSPS) is 48.8. The van der Waals surface area contributed by atoms with Gasteiger partial charge in [-0.05, 0) is 5.56 Å². The fourth-order valence-electron chi connectivity index (χ4n) is 1.74. The van der Waals surface area contributed by atoms with Gasteiger partial charge in [-0.25, -0.2) is 0 Å². The maximum absolute atomic E-state index is 10.2. The van der Waals surface area contributed by atoms with Crippen LogP contribution in [0.2, 0.25) is 0 Å². The minimum atomic E-state index is -3.76. The molecule has 0 amide bonds. The smallest absolute Gasteiger partial charge is 0.188 e. The summed E-state index contributed by atoms with van der Waals surface area (Å²) in [5.74, 6) is 0. The molecule has 6 unspecified atom stereocenters. The molecule has 4 N–H and O–H groups in total. The van der Waals surface area contributed by atoms with Crippen LogP contribution in [0.15, 0.2) is 30.3 Å². The molecule has 0 radical (unpaired) electrons. The highest BCUT2D eigenvalue weighted by molar-refractivity contribution is 5.22. The van der Waals surface area contributed by atoms with E-state index in [4.69, 9.17) is 16.3 Å². The molecule has 1 aromatic carbocycles.